The summed E-state index contributed by atoms with van der Waals surface area (Å²) in [6.45, 7) is 3.70. The van der Waals surface area contributed by atoms with Gasteiger partial charge in [-0.2, -0.15) is 0 Å². The van der Waals surface area contributed by atoms with Crippen molar-refractivity contribution in [3.8, 4) is 0 Å². The normalized spacial score (nSPS) is 15.5. The molecule has 1 saturated heterocycles. The molecule has 4 rings (SSSR count). The molecule has 34 heavy (non-hydrogen) atoms. The van der Waals surface area contributed by atoms with Crippen molar-refractivity contribution in [2.45, 2.75) is 30.1 Å². The molecule has 1 aliphatic heterocycles. The molecule has 1 N–H and O–H groups in total. The molecule has 0 radical (unpaired) electrons. The van der Waals surface area contributed by atoms with Crippen LogP contribution in [-0.2, 0) is 20.2 Å². The molecule has 1 amide bonds. The van der Waals surface area contributed by atoms with Gasteiger partial charge in [-0.25, -0.2) is 8.42 Å². The zero-order valence-electron chi connectivity index (χ0n) is 19.5. The molecule has 6 nitrogen and oxygen atoms in total. The van der Waals surface area contributed by atoms with Crippen molar-refractivity contribution in [1.29, 1.82) is 0 Å². The van der Waals surface area contributed by atoms with E-state index in [0.717, 1.165) is 18.4 Å². The molecule has 1 fully saturated rings. The van der Waals surface area contributed by atoms with Crippen LogP contribution < -0.4 is 9.62 Å². The Morgan fingerprint density at radius 1 is 0.971 bits per heavy atom. The predicted molar refractivity (Wildman–Crippen MR) is 134 cm³/mol. The summed E-state index contributed by atoms with van der Waals surface area (Å²) in [6.07, 6.45) is 1.66. The van der Waals surface area contributed by atoms with Crippen LogP contribution in [0.3, 0.4) is 0 Å². The van der Waals surface area contributed by atoms with Gasteiger partial charge in [0.2, 0.25) is 0 Å². The number of ether oxygens (including phenoxy) is 1. The Balaban J connectivity index is 1.52. The van der Waals surface area contributed by atoms with E-state index in [1.807, 2.05) is 25.1 Å². The monoisotopic (exact) mass is 478 g/mol. The van der Waals surface area contributed by atoms with Gasteiger partial charge in [0, 0.05) is 37.8 Å². The van der Waals surface area contributed by atoms with E-state index in [4.69, 9.17) is 4.74 Å². The third kappa shape index (κ3) is 5.00. The van der Waals surface area contributed by atoms with E-state index >= 15 is 0 Å². The first kappa shape index (κ1) is 24.0. The molecule has 0 spiro atoms. The maximum atomic E-state index is 13.1. The van der Waals surface area contributed by atoms with Gasteiger partial charge in [0.15, 0.2) is 0 Å². The molecule has 3 aromatic carbocycles. The number of hydrogen-bond donors (Lipinski definition) is 1. The summed E-state index contributed by atoms with van der Waals surface area (Å²) in [7, 11) is -2.24. The number of nitrogens with one attached hydrogen (secondary N) is 1. The lowest BCUT2D eigenvalue weighted by Gasteiger charge is -2.38. The third-order valence-electron chi connectivity index (χ3n) is 6.57. The zero-order valence-corrected chi connectivity index (χ0v) is 20.3. The van der Waals surface area contributed by atoms with Crippen LogP contribution in [0.25, 0.3) is 0 Å². The van der Waals surface area contributed by atoms with E-state index in [9.17, 15) is 13.2 Å². The minimum Gasteiger partial charge on any atom is -0.381 e. The van der Waals surface area contributed by atoms with Gasteiger partial charge in [-0.05, 0) is 55.7 Å². The summed E-state index contributed by atoms with van der Waals surface area (Å²) in [5.74, 6) is -0.232. The smallest absolute Gasteiger partial charge is 0.264 e. The minimum atomic E-state index is -3.74. The maximum absolute atomic E-state index is 13.1. The predicted octanol–water partition coefficient (Wildman–Crippen LogP) is 4.30. The van der Waals surface area contributed by atoms with Crippen molar-refractivity contribution in [2.75, 3.05) is 31.1 Å². The van der Waals surface area contributed by atoms with Crippen LogP contribution in [-0.4, -0.2) is 41.1 Å². The van der Waals surface area contributed by atoms with E-state index in [1.54, 1.807) is 48.5 Å². The summed E-state index contributed by atoms with van der Waals surface area (Å²) in [5, 5.41) is 3.09. The van der Waals surface area contributed by atoms with Crippen molar-refractivity contribution >= 4 is 21.6 Å². The van der Waals surface area contributed by atoms with Crippen LogP contribution in [0.2, 0.25) is 0 Å². The lowest BCUT2D eigenvalue weighted by molar-refractivity contribution is 0.0487. The van der Waals surface area contributed by atoms with Gasteiger partial charge in [0.1, 0.15) is 0 Å². The number of rotatable bonds is 7. The molecular formula is C27H30N2O4S. The van der Waals surface area contributed by atoms with Gasteiger partial charge in [-0.1, -0.05) is 54.1 Å². The number of nitrogens with zero attached hydrogens (tertiary/aromatic N) is 1. The van der Waals surface area contributed by atoms with E-state index in [0.29, 0.717) is 31.0 Å². The molecule has 0 aromatic heterocycles. The number of anilines is 1. The highest BCUT2D eigenvalue weighted by Crippen LogP contribution is 2.34. The van der Waals surface area contributed by atoms with Crippen LogP contribution in [0.1, 0.15) is 34.3 Å². The molecule has 3 aromatic rings. The summed E-state index contributed by atoms with van der Waals surface area (Å²) in [4.78, 5) is 13.3. The summed E-state index contributed by atoms with van der Waals surface area (Å²) < 4.78 is 32.9. The van der Waals surface area contributed by atoms with Gasteiger partial charge in [0.05, 0.1) is 10.6 Å². The van der Waals surface area contributed by atoms with E-state index in [1.165, 1.54) is 16.9 Å². The molecule has 0 saturated carbocycles. The Morgan fingerprint density at radius 3 is 2.32 bits per heavy atom. The van der Waals surface area contributed by atoms with E-state index in [-0.39, 0.29) is 16.2 Å². The highest BCUT2D eigenvalue weighted by atomic mass is 32.2. The fraction of sp³-hybridized carbons (Fsp3) is 0.296. The maximum Gasteiger partial charge on any atom is 0.264 e. The SMILES string of the molecule is Cc1ccc(S(=O)(=O)N(C)c2cccc(C(=O)NCC3(c4ccccc4)CCOCC3)c2)cc1. The van der Waals surface area contributed by atoms with Crippen molar-refractivity contribution in [1.82, 2.24) is 5.32 Å². The lowest BCUT2D eigenvalue weighted by atomic mass is 9.74. The molecular weight excluding hydrogens is 448 g/mol. The minimum absolute atomic E-state index is 0.182. The first-order valence-corrected chi connectivity index (χ1v) is 12.8. The zero-order chi connectivity index (χ0) is 24.2. The average Bonchev–Trinajstić information content (AvgIpc) is 2.88. The standard InChI is InChI=1S/C27H30N2O4S/c1-21-11-13-25(14-12-21)34(31,32)29(2)24-10-6-7-22(19-24)26(30)28-20-27(15-17-33-18-16-27)23-8-4-3-5-9-23/h3-14,19H,15-18,20H2,1-2H3,(H,28,30). The van der Waals surface area contributed by atoms with Crippen LogP contribution in [0.15, 0.2) is 83.8 Å². The van der Waals surface area contributed by atoms with Crippen molar-refractivity contribution in [2.24, 2.45) is 0 Å². The van der Waals surface area contributed by atoms with Crippen molar-refractivity contribution in [3.05, 3.63) is 95.6 Å². The summed E-state index contributed by atoms with van der Waals surface area (Å²) in [5.41, 5.74) is 2.84. The van der Waals surface area contributed by atoms with Crippen molar-refractivity contribution in [3.63, 3.8) is 0 Å². The summed E-state index contributed by atoms with van der Waals surface area (Å²) >= 11 is 0. The number of sulfonamides is 1. The first-order chi connectivity index (χ1) is 16.3. The molecule has 0 unspecified atom stereocenters. The van der Waals surface area contributed by atoms with Gasteiger partial charge in [0.25, 0.3) is 15.9 Å². The highest BCUT2D eigenvalue weighted by Gasteiger charge is 2.35. The topological polar surface area (TPSA) is 75.7 Å². The molecule has 0 atom stereocenters. The second-order valence-corrected chi connectivity index (χ2v) is 10.7. The van der Waals surface area contributed by atoms with Crippen LogP contribution in [0.5, 0.6) is 0 Å². The van der Waals surface area contributed by atoms with E-state index in [2.05, 4.69) is 17.4 Å². The average molecular weight is 479 g/mol. The molecule has 0 aliphatic carbocycles. The molecule has 1 aliphatic rings. The van der Waals surface area contributed by atoms with Crippen LogP contribution in [0, 0.1) is 6.92 Å². The number of aryl methyl sites for hydroxylation is 1. The van der Waals surface area contributed by atoms with E-state index < -0.39 is 10.0 Å². The van der Waals surface area contributed by atoms with Crippen LogP contribution >= 0.6 is 0 Å². The highest BCUT2D eigenvalue weighted by molar-refractivity contribution is 7.92. The number of benzene rings is 3. The number of amides is 1. The van der Waals surface area contributed by atoms with Gasteiger partial charge in [-0.15, -0.1) is 0 Å². The Morgan fingerprint density at radius 2 is 1.65 bits per heavy atom. The number of hydrogen-bond acceptors (Lipinski definition) is 4. The number of carbonyl (C=O) groups excluding carboxylic acids is 1. The first-order valence-electron chi connectivity index (χ1n) is 11.4. The van der Waals surface area contributed by atoms with Gasteiger partial charge >= 0.3 is 0 Å². The Labute approximate surface area is 201 Å². The Hall–Kier alpha value is -3.16. The summed E-state index contributed by atoms with van der Waals surface area (Å²) in [6, 6.07) is 23.6. The van der Waals surface area contributed by atoms with Gasteiger partial charge < -0.3 is 10.1 Å². The lowest BCUT2D eigenvalue weighted by Crippen LogP contribution is -2.44. The fourth-order valence-corrected chi connectivity index (χ4v) is 5.51. The van der Waals surface area contributed by atoms with Gasteiger partial charge in [-0.3, -0.25) is 9.10 Å². The fourth-order valence-electron chi connectivity index (χ4n) is 4.32. The second-order valence-electron chi connectivity index (χ2n) is 8.78. The molecule has 178 valence electrons. The van der Waals surface area contributed by atoms with Crippen molar-refractivity contribution < 1.29 is 17.9 Å². The largest absolute Gasteiger partial charge is 0.381 e. The Bertz CT molecular complexity index is 1240. The number of carbonyl (C=O) groups is 1. The molecule has 1 heterocycles. The third-order valence-corrected chi connectivity index (χ3v) is 8.37. The molecule has 0 bridgehead atoms. The van der Waals surface area contributed by atoms with Crippen LogP contribution in [0.4, 0.5) is 5.69 Å². The Kier molecular flexibility index (Phi) is 7.05. The quantitative estimate of drug-likeness (QED) is 0.549. The molecule has 7 heteroatoms. The second kappa shape index (κ2) is 9.99.